The van der Waals surface area contributed by atoms with Crippen molar-refractivity contribution < 1.29 is 4.74 Å². The molecular weight excluding hydrogens is 282 g/mol. The van der Waals surface area contributed by atoms with Gasteiger partial charge in [0.2, 0.25) is 0 Å². The van der Waals surface area contributed by atoms with Crippen LogP contribution in [0, 0.1) is 5.41 Å². The van der Waals surface area contributed by atoms with Crippen molar-refractivity contribution >= 4 is 0 Å². The minimum absolute atomic E-state index is 0.0411. The van der Waals surface area contributed by atoms with Gasteiger partial charge in [0, 0.05) is 0 Å². The Hall–Kier alpha value is -1.64. The zero-order valence-corrected chi connectivity index (χ0v) is 14.8. The molecule has 1 N–H and O–H groups in total. The van der Waals surface area contributed by atoms with E-state index in [-0.39, 0.29) is 17.2 Å². The van der Waals surface area contributed by atoms with Crippen molar-refractivity contribution in [2.24, 2.45) is 5.41 Å². The van der Waals surface area contributed by atoms with Crippen LogP contribution in [0.2, 0.25) is 0 Å². The van der Waals surface area contributed by atoms with E-state index in [9.17, 15) is 0 Å². The predicted molar refractivity (Wildman–Crippen MR) is 95.2 cm³/mol. The largest absolute Gasteiger partial charge is 0.344 e. The van der Waals surface area contributed by atoms with E-state index < -0.39 is 5.60 Å². The van der Waals surface area contributed by atoms with Crippen LogP contribution in [-0.2, 0) is 10.3 Å². The lowest BCUT2D eigenvalue weighted by Crippen LogP contribution is -2.51. The van der Waals surface area contributed by atoms with Gasteiger partial charge in [0.1, 0.15) is 11.3 Å². The van der Waals surface area contributed by atoms with Crippen LogP contribution in [0.4, 0.5) is 0 Å². The Morgan fingerprint density at radius 3 is 1.65 bits per heavy atom. The van der Waals surface area contributed by atoms with Crippen molar-refractivity contribution in [2.75, 3.05) is 0 Å². The number of hydrogen-bond donors (Lipinski definition) is 1. The van der Waals surface area contributed by atoms with Crippen molar-refractivity contribution in [1.29, 1.82) is 0 Å². The van der Waals surface area contributed by atoms with Crippen LogP contribution in [0.5, 0.6) is 0 Å². The molecule has 0 aromatic heterocycles. The smallest absolute Gasteiger partial charge is 0.136 e. The molecule has 1 aliphatic heterocycles. The first kappa shape index (κ1) is 16.2. The molecule has 0 spiro atoms. The minimum atomic E-state index is -0.496. The SMILES string of the molecule is CC1(C)N[C@@H](C(C)(C)C)C(c2ccccc2)(c2ccccc2)O1. The predicted octanol–water partition coefficient (Wildman–Crippen LogP) is 4.70. The van der Waals surface area contributed by atoms with Gasteiger partial charge in [-0.2, -0.15) is 0 Å². The summed E-state index contributed by atoms with van der Waals surface area (Å²) < 4.78 is 6.74. The normalized spacial score (nSPS) is 22.9. The molecule has 2 aromatic carbocycles. The third kappa shape index (κ3) is 2.82. The topological polar surface area (TPSA) is 21.3 Å². The van der Waals surface area contributed by atoms with Crippen LogP contribution >= 0.6 is 0 Å². The average molecular weight is 309 g/mol. The average Bonchev–Trinajstić information content (AvgIpc) is 2.82. The summed E-state index contributed by atoms with van der Waals surface area (Å²) in [6.07, 6.45) is 0. The zero-order chi connectivity index (χ0) is 16.7. The second kappa shape index (κ2) is 5.47. The lowest BCUT2D eigenvalue weighted by Gasteiger charge is -2.41. The van der Waals surface area contributed by atoms with E-state index in [1.807, 2.05) is 0 Å². The van der Waals surface area contributed by atoms with E-state index in [1.54, 1.807) is 0 Å². The zero-order valence-electron chi connectivity index (χ0n) is 14.8. The molecule has 2 heteroatoms. The van der Waals surface area contributed by atoms with Gasteiger partial charge in [-0.05, 0) is 30.4 Å². The number of rotatable bonds is 2. The second-order valence-electron chi connectivity index (χ2n) is 8.02. The highest BCUT2D eigenvalue weighted by Crippen LogP contribution is 2.49. The Bertz CT molecular complexity index is 616. The molecule has 0 radical (unpaired) electrons. The quantitative estimate of drug-likeness (QED) is 0.868. The molecule has 1 aliphatic rings. The molecule has 23 heavy (non-hydrogen) atoms. The van der Waals surface area contributed by atoms with E-state index in [0.29, 0.717) is 0 Å². The van der Waals surface area contributed by atoms with Crippen LogP contribution in [0.25, 0.3) is 0 Å². The Balaban J connectivity index is 2.27. The number of nitrogens with one attached hydrogen (secondary N) is 1. The van der Waals surface area contributed by atoms with Crippen molar-refractivity contribution in [1.82, 2.24) is 5.32 Å². The maximum absolute atomic E-state index is 6.74. The highest BCUT2D eigenvalue weighted by molar-refractivity contribution is 5.41. The Kier molecular flexibility index (Phi) is 3.86. The van der Waals surface area contributed by atoms with Crippen molar-refractivity contribution in [3.63, 3.8) is 0 Å². The summed E-state index contributed by atoms with van der Waals surface area (Å²) in [4.78, 5) is 0. The Morgan fingerprint density at radius 2 is 1.26 bits per heavy atom. The summed E-state index contributed by atoms with van der Waals surface area (Å²) in [7, 11) is 0. The molecular formula is C21H27NO. The van der Waals surface area contributed by atoms with Gasteiger partial charge in [0.25, 0.3) is 0 Å². The van der Waals surface area contributed by atoms with E-state index in [0.717, 1.165) is 0 Å². The highest BCUT2D eigenvalue weighted by atomic mass is 16.6. The lowest BCUT2D eigenvalue weighted by atomic mass is 9.70. The molecule has 0 aliphatic carbocycles. The molecule has 0 saturated carbocycles. The fraction of sp³-hybridized carbons (Fsp3) is 0.429. The van der Waals surface area contributed by atoms with Crippen molar-refractivity contribution in [3.05, 3.63) is 71.8 Å². The van der Waals surface area contributed by atoms with Crippen molar-refractivity contribution in [3.8, 4) is 0 Å². The second-order valence-corrected chi connectivity index (χ2v) is 8.02. The maximum atomic E-state index is 6.74. The van der Waals surface area contributed by atoms with E-state index in [4.69, 9.17) is 4.74 Å². The minimum Gasteiger partial charge on any atom is -0.344 e. The van der Waals surface area contributed by atoms with E-state index in [2.05, 4.69) is 101 Å². The van der Waals surface area contributed by atoms with Gasteiger partial charge in [-0.1, -0.05) is 81.4 Å². The van der Waals surface area contributed by atoms with E-state index in [1.165, 1.54) is 11.1 Å². The summed E-state index contributed by atoms with van der Waals surface area (Å²) >= 11 is 0. The lowest BCUT2D eigenvalue weighted by molar-refractivity contribution is -0.0797. The molecule has 122 valence electrons. The van der Waals surface area contributed by atoms with Gasteiger partial charge in [0.05, 0.1) is 6.04 Å². The van der Waals surface area contributed by atoms with Gasteiger partial charge < -0.3 is 4.74 Å². The Labute approximate surface area is 139 Å². The molecule has 3 rings (SSSR count). The molecule has 0 bridgehead atoms. The standard InChI is InChI=1S/C21H27NO/c1-19(2,3)18-21(23-20(4,5)22-18,16-12-8-6-9-13-16)17-14-10-7-11-15-17/h6-15,18,22H,1-5H3/t18-/m0/s1. The highest BCUT2D eigenvalue weighted by Gasteiger charge is 2.57. The molecule has 2 aromatic rings. The first-order valence-corrected chi connectivity index (χ1v) is 8.35. The third-order valence-electron chi connectivity index (χ3n) is 4.59. The van der Waals surface area contributed by atoms with Gasteiger partial charge in [-0.15, -0.1) is 0 Å². The molecule has 1 fully saturated rings. The summed E-state index contributed by atoms with van der Waals surface area (Å²) in [6.45, 7) is 11.0. The van der Waals surface area contributed by atoms with E-state index >= 15 is 0 Å². The summed E-state index contributed by atoms with van der Waals surface area (Å²) in [5.41, 5.74) is 1.56. The summed E-state index contributed by atoms with van der Waals surface area (Å²) in [6, 6.07) is 21.3. The first-order valence-electron chi connectivity index (χ1n) is 8.35. The molecule has 0 unspecified atom stereocenters. The Morgan fingerprint density at radius 1 is 0.826 bits per heavy atom. The fourth-order valence-corrected chi connectivity index (χ4v) is 3.76. The van der Waals surface area contributed by atoms with Gasteiger partial charge in [-0.3, -0.25) is 5.32 Å². The summed E-state index contributed by atoms with van der Waals surface area (Å²) in [5.74, 6) is 0. The van der Waals surface area contributed by atoms with Crippen LogP contribution in [0.3, 0.4) is 0 Å². The fourth-order valence-electron chi connectivity index (χ4n) is 3.76. The maximum Gasteiger partial charge on any atom is 0.136 e. The van der Waals surface area contributed by atoms with Crippen molar-refractivity contribution in [2.45, 2.75) is 52.0 Å². The van der Waals surface area contributed by atoms with Gasteiger partial charge >= 0.3 is 0 Å². The third-order valence-corrected chi connectivity index (χ3v) is 4.59. The summed E-state index contributed by atoms with van der Waals surface area (Å²) in [5, 5.41) is 3.74. The molecule has 1 saturated heterocycles. The van der Waals surface area contributed by atoms with Crippen LogP contribution in [-0.4, -0.2) is 11.8 Å². The number of benzene rings is 2. The number of hydrogen-bond acceptors (Lipinski definition) is 2. The molecule has 1 atom stereocenters. The van der Waals surface area contributed by atoms with Gasteiger partial charge in [0.15, 0.2) is 0 Å². The molecule has 1 heterocycles. The monoisotopic (exact) mass is 309 g/mol. The van der Waals surface area contributed by atoms with Crippen LogP contribution in [0.1, 0.15) is 45.7 Å². The van der Waals surface area contributed by atoms with Crippen LogP contribution < -0.4 is 5.32 Å². The molecule has 0 amide bonds. The van der Waals surface area contributed by atoms with Crippen LogP contribution in [0.15, 0.2) is 60.7 Å². The first-order chi connectivity index (χ1) is 10.8. The number of ether oxygens (including phenoxy) is 1. The molecule has 2 nitrogen and oxygen atoms in total. The van der Waals surface area contributed by atoms with Gasteiger partial charge in [-0.25, -0.2) is 0 Å².